The van der Waals surface area contributed by atoms with Gasteiger partial charge in [0, 0.05) is 28.8 Å². The molecular formula is C14H18BrNO. The van der Waals surface area contributed by atoms with E-state index in [1.165, 1.54) is 25.7 Å². The van der Waals surface area contributed by atoms with E-state index in [0.29, 0.717) is 0 Å². The summed E-state index contributed by atoms with van der Waals surface area (Å²) in [5.41, 5.74) is 1.93. The van der Waals surface area contributed by atoms with Gasteiger partial charge in [-0.05, 0) is 38.0 Å². The molecule has 0 bridgehead atoms. The molecule has 0 aliphatic carbocycles. The Morgan fingerprint density at radius 3 is 2.41 bits per heavy atom. The third-order valence-electron chi connectivity index (χ3n) is 3.28. The molecule has 1 heterocycles. The van der Waals surface area contributed by atoms with Crippen molar-refractivity contribution in [3.05, 3.63) is 28.2 Å². The van der Waals surface area contributed by atoms with Gasteiger partial charge >= 0.3 is 0 Å². The molecule has 0 spiro atoms. The lowest BCUT2D eigenvalue weighted by atomic mass is 10.1. The minimum absolute atomic E-state index is 0.144. The molecule has 1 fully saturated rings. The molecule has 17 heavy (non-hydrogen) atoms. The standard InChI is InChI=1S/C14H18BrNO/c1-11(17)13-10-12(15)6-7-14(13)16-8-4-2-3-5-9-16/h6-7,10H,2-5,8-9H2,1H3. The largest absolute Gasteiger partial charge is 0.371 e. The van der Waals surface area contributed by atoms with Crippen LogP contribution in [0.2, 0.25) is 0 Å². The zero-order chi connectivity index (χ0) is 12.3. The second kappa shape index (κ2) is 5.67. The van der Waals surface area contributed by atoms with E-state index < -0.39 is 0 Å². The number of hydrogen-bond donors (Lipinski definition) is 0. The van der Waals surface area contributed by atoms with Crippen molar-refractivity contribution >= 4 is 27.4 Å². The van der Waals surface area contributed by atoms with Crippen LogP contribution in [0.15, 0.2) is 22.7 Å². The zero-order valence-corrected chi connectivity index (χ0v) is 11.8. The maximum atomic E-state index is 11.7. The lowest BCUT2D eigenvalue weighted by Crippen LogP contribution is -2.25. The van der Waals surface area contributed by atoms with Gasteiger partial charge in [-0.25, -0.2) is 0 Å². The summed E-state index contributed by atoms with van der Waals surface area (Å²) in [7, 11) is 0. The van der Waals surface area contributed by atoms with Crippen LogP contribution in [0, 0.1) is 0 Å². The van der Waals surface area contributed by atoms with E-state index in [9.17, 15) is 4.79 Å². The van der Waals surface area contributed by atoms with Gasteiger partial charge < -0.3 is 4.90 Å². The lowest BCUT2D eigenvalue weighted by Gasteiger charge is -2.24. The summed E-state index contributed by atoms with van der Waals surface area (Å²) in [5, 5.41) is 0. The van der Waals surface area contributed by atoms with E-state index in [-0.39, 0.29) is 5.78 Å². The van der Waals surface area contributed by atoms with Crippen LogP contribution in [-0.4, -0.2) is 18.9 Å². The normalized spacial score (nSPS) is 16.7. The minimum Gasteiger partial charge on any atom is -0.371 e. The molecule has 0 saturated carbocycles. The van der Waals surface area contributed by atoms with Gasteiger partial charge in [0.25, 0.3) is 0 Å². The second-order valence-electron chi connectivity index (χ2n) is 4.62. The van der Waals surface area contributed by atoms with Crippen molar-refractivity contribution in [2.24, 2.45) is 0 Å². The topological polar surface area (TPSA) is 20.3 Å². The summed E-state index contributed by atoms with van der Waals surface area (Å²) in [6, 6.07) is 6.02. The predicted molar refractivity (Wildman–Crippen MR) is 74.8 cm³/mol. The Bertz CT molecular complexity index is 409. The Kier molecular flexibility index (Phi) is 4.21. The molecule has 0 N–H and O–H groups in total. The number of Topliss-reactive ketones (excluding diaryl/α,β-unsaturated/α-hetero) is 1. The van der Waals surface area contributed by atoms with E-state index in [2.05, 4.69) is 26.9 Å². The van der Waals surface area contributed by atoms with E-state index in [1.807, 2.05) is 12.1 Å². The van der Waals surface area contributed by atoms with Gasteiger partial charge in [-0.3, -0.25) is 4.79 Å². The first-order valence-electron chi connectivity index (χ1n) is 6.24. The highest BCUT2D eigenvalue weighted by molar-refractivity contribution is 9.10. The molecule has 0 amide bonds. The van der Waals surface area contributed by atoms with Crippen molar-refractivity contribution in [3.63, 3.8) is 0 Å². The quantitative estimate of drug-likeness (QED) is 0.768. The number of nitrogens with zero attached hydrogens (tertiary/aromatic N) is 1. The number of benzene rings is 1. The third kappa shape index (κ3) is 3.09. The molecular weight excluding hydrogens is 278 g/mol. The van der Waals surface area contributed by atoms with Crippen molar-refractivity contribution in [3.8, 4) is 0 Å². The molecule has 2 nitrogen and oxygen atoms in total. The number of anilines is 1. The lowest BCUT2D eigenvalue weighted by molar-refractivity contribution is 0.101. The molecule has 1 aromatic rings. The van der Waals surface area contributed by atoms with Crippen molar-refractivity contribution in [2.45, 2.75) is 32.6 Å². The number of ketones is 1. The van der Waals surface area contributed by atoms with Gasteiger partial charge in [0.2, 0.25) is 0 Å². The van der Waals surface area contributed by atoms with Gasteiger partial charge in [-0.15, -0.1) is 0 Å². The van der Waals surface area contributed by atoms with Crippen LogP contribution in [0.3, 0.4) is 0 Å². The molecule has 0 unspecified atom stereocenters. The van der Waals surface area contributed by atoms with Gasteiger partial charge in [0.15, 0.2) is 5.78 Å². The second-order valence-corrected chi connectivity index (χ2v) is 5.53. The number of hydrogen-bond acceptors (Lipinski definition) is 2. The Morgan fingerprint density at radius 1 is 1.18 bits per heavy atom. The Labute approximate surface area is 111 Å². The highest BCUT2D eigenvalue weighted by atomic mass is 79.9. The highest BCUT2D eigenvalue weighted by Gasteiger charge is 2.15. The van der Waals surface area contributed by atoms with Crippen molar-refractivity contribution in [2.75, 3.05) is 18.0 Å². The first-order chi connectivity index (χ1) is 8.18. The molecule has 1 aliphatic rings. The van der Waals surface area contributed by atoms with Crippen LogP contribution in [0.25, 0.3) is 0 Å². The van der Waals surface area contributed by atoms with Gasteiger partial charge in [-0.1, -0.05) is 28.8 Å². The third-order valence-corrected chi connectivity index (χ3v) is 3.78. The molecule has 0 aromatic heterocycles. The fourth-order valence-electron chi connectivity index (χ4n) is 2.38. The van der Waals surface area contributed by atoms with Crippen LogP contribution in [0.4, 0.5) is 5.69 Å². The van der Waals surface area contributed by atoms with Crippen LogP contribution in [0.5, 0.6) is 0 Å². The zero-order valence-electron chi connectivity index (χ0n) is 10.2. The predicted octanol–water partition coefficient (Wildman–Crippen LogP) is 4.03. The highest BCUT2D eigenvalue weighted by Crippen LogP contribution is 2.27. The Balaban J connectivity index is 2.32. The van der Waals surface area contributed by atoms with E-state index in [4.69, 9.17) is 0 Å². The molecule has 92 valence electrons. The Hall–Kier alpha value is -0.830. The maximum absolute atomic E-state index is 11.7. The van der Waals surface area contributed by atoms with E-state index in [1.54, 1.807) is 6.92 Å². The molecule has 1 aliphatic heterocycles. The average Bonchev–Trinajstić information content (AvgIpc) is 2.57. The molecule has 0 radical (unpaired) electrons. The smallest absolute Gasteiger partial charge is 0.161 e. The summed E-state index contributed by atoms with van der Waals surface area (Å²) in [6.45, 7) is 3.78. The van der Waals surface area contributed by atoms with Crippen molar-refractivity contribution in [1.29, 1.82) is 0 Å². The SMILES string of the molecule is CC(=O)c1cc(Br)ccc1N1CCCCCC1. The minimum atomic E-state index is 0.144. The molecule has 1 aromatic carbocycles. The first kappa shape index (κ1) is 12.6. The molecule has 2 rings (SSSR count). The van der Waals surface area contributed by atoms with Crippen LogP contribution in [-0.2, 0) is 0 Å². The van der Waals surface area contributed by atoms with Crippen LogP contribution in [0.1, 0.15) is 43.0 Å². The van der Waals surface area contributed by atoms with Crippen molar-refractivity contribution in [1.82, 2.24) is 0 Å². The summed E-state index contributed by atoms with van der Waals surface area (Å²) < 4.78 is 0.973. The van der Waals surface area contributed by atoms with Crippen LogP contribution < -0.4 is 4.90 Å². The fraction of sp³-hybridized carbons (Fsp3) is 0.500. The first-order valence-corrected chi connectivity index (χ1v) is 7.03. The maximum Gasteiger partial charge on any atom is 0.161 e. The summed E-state index contributed by atoms with van der Waals surface area (Å²) in [4.78, 5) is 14.1. The van der Waals surface area contributed by atoms with Crippen LogP contribution >= 0.6 is 15.9 Å². The summed E-state index contributed by atoms with van der Waals surface area (Å²) in [5.74, 6) is 0.144. The van der Waals surface area contributed by atoms with E-state index >= 15 is 0 Å². The van der Waals surface area contributed by atoms with Gasteiger partial charge in [0.1, 0.15) is 0 Å². The average molecular weight is 296 g/mol. The Morgan fingerprint density at radius 2 is 1.82 bits per heavy atom. The van der Waals surface area contributed by atoms with Crippen molar-refractivity contribution < 1.29 is 4.79 Å². The molecule has 1 saturated heterocycles. The van der Waals surface area contributed by atoms with E-state index in [0.717, 1.165) is 28.8 Å². The fourth-order valence-corrected chi connectivity index (χ4v) is 2.74. The number of carbonyl (C=O) groups excluding carboxylic acids is 1. The number of carbonyl (C=O) groups is 1. The monoisotopic (exact) mass is 295 g/mol. The summed E-state index contributed by atoms with van der Waals surface area (Å²) >= 11 is 3.43. The number of rotatable bonds is 2. The van der Waals surface area contributed by atoms with Gasteiger partial charge in [0.05, 0.1) is 0 Å². The number of halogens is 1. The molecule has 3 heteroatoms. The molecule has 0 atom stereocenters. The van der Waals surface area contributed by atoms with Gasteiger partial charge in [-0.2, -0.15) is 0 Å². The summed E-state index contributed by atoms with van der Waals surface area (Å²) in [6.07, 6.45) is 5.08.